The molecule has 27 heavy (non-hydrogen) atoms. The topological polar surface area (TPSA) is 94.4 Å². The van der Waals surface area contributed by atoms with Gasteiger partial charge in [-0.05, 0) is 49.6 Å². The SMILES string of the molecule is C[C@@H](C(=O)N1CCCc2ccccc21)n1nc(-c2ccco2)cc(N)c1=O. The molecule has 7 nitrogen and oxygen atoms in total. The van der Waals surface area contributed by atoms with Gasteiger partial charge in [-0.2, -0.15) is 5.10 Å². The highest BCUT2D eigenvalue weighted by Crippen LogP contribution is 2.28. The van der Waals surface area contributed by atoms with E-state index in [1.54, 1.807) is 24.0 Å². The lowest BCUT2D eigenvalue weighted by atomic mass is 10.0. The fraction of sp³-hybridized carbons (Fsp3) is 0.250. The Kier molecular flexibility index (Phi) is 4.27. The summed E-state index contributed by atoms with van der Waals surface area (Å²) in [6.07, 6.45) is 3.34. The van der Waals surface area contributed by atoms with Crippen molar-refractivity contribution in [1.29, 1.82) is 0 Å². The second-order valence-electron chi connectivity index (χ2n) is 6.61. The van der Waals surface area contributed by atoms with Crippen LogP contribution in [0.3, 0.4) is 0 Å². The van der Waals surface area contributed by atoms with Gasteiger partial charge in [-0.15, -0.1) is 0 Å². The van der Waals surface area contributed by atoms with Crippen molar-refractivity contribution in [3.8, 4) is 11.5 Å². The van der Waals surface area contributed by atoms with E-state index in [1.807, 2.05) is 24.3 Å². The van der Waals surface area contributed by atoms with E-state index in [0.29, 0.717) is 18.0 Å². The summed E-state index contributed by atoms with van der Waals surface area (Å²) in [5.74, 6) is 0.297. The molecule has 0 fully saturated rings. The summed E-state index contributed by atoms with van der Waals surface area (Å²) in [7, 11) is 0. The van der Waals surface area contributed by atoms with Gasteiger partial charge in [0, 0.05) is 12.2 Å². The molecule has 3 aromatic rings. The zero-order chi connectivity index (χ0) is 19.0. The van der Waals surface area contributed by atoms with Crippen molar-refractivity contribution < 1.29 is 9.21 Å². The summed E-state index contributed by atoms with van der Waals surface area (Å²) in [6.45, 7) is 2.28. The van der Waals surface area contributed by atoms with Crippen LogP contribution in [0.2, 0.25) is 0 Å². The number of nitrogen functional groups attached to an aromatic ring is 1. The standard InChI is InChI=1S/C20H20N4O3/c1-13(19(25)23-10-4-7-14-6-2-3-8-17(14)23)24-20(26)15(21)12-16(22-24)18-9-5-11-27-18/h2-3,5-6,8-9,11-13H,4,7,10,21H2,1H3/t13-/m0/s1. The average molecular weight is 364 g/mol. The number of aryl methyl sites for hydroxylation is 1. The van der Waals surface area contributed by atoms with Gasteiger partial charge in [-0.25, -0.2) is 4.68 Å². The van der Waals surface area contributed by atoms with E-state index in [1.165, 1.54) is 12.3 Å². The zero-order valence-corrected chi connectivity index (χ0v) is 15.0. The molecule has 2 aromatic heterocycles. The van der Waals surface area contributed by atoms with Crippen LogP contribution in [0, 0.1) is 0 Å². The minimum Gasteiger partial charge on any atom is -0.463 e. The van der Waals surface area contributed by atoms with Crippen LogP contribution >= 0.6 is 0 Å². The molecule has 3 heterocycles. The van der Waals surface area contributed by atoms with Gasteiger partial charge in [0.05, 0.1) is 6.26 Å². The van der Waals surface area contributed by atoms with E-state index in [4.69, 9.17) is 10.2 Å². The van der Waals surface area contributed by atoms with E-state index < -0.39 is 11.6 Å². The Hall–Kier alpha value is -3.35. The quantitative estimate of drug-likeness (QED) is 0.771. The molecule has 0 saturated carbocycles. The third-order valence-electron chi connectivity index (χ3n) is 4.84. The molecule has 1 atom stereocenters. The van der Waals surface area contributed by atoms with Crippen LogP contribution in [-0.2, 0) is 11.2 Å². The van der Waals surface area contributed by atoms with Crippen molar-refractivity contribution in [2.24, 2.45) is 0 Å². The number of benzene rings is 1. The first-order valence-electron chi connectivity index (χ1n) is 8.89. The molecule has 138 valence electrons. The van der Waals surface area contributed by atoms with Crippen molar-refractivity contribution in [2.45, 2.75) is 25.8 Å². The molecule has 1 aromatic carbocycles. The summed E-state index contributed by atoms with van der Waals surface area (Å²) in [6, 6.07) is 12.0. The molecule has 7 heteroatoms. The molecule has 0 aliphatic carbocycles. The molecule has 1 amide bonds. The van der Waals surface area contributed by atoms with Gasteiger partial charge in [0.1, 0.15) is 17.4 Å². The minimum absolute atomic E-state index is 0.0232. The number of carbonyl (C=O) groups is 1. The predicted molar refractivity (Wildman–Crippen MR) is 102 cm³/mol. The molecule has 0 spiro atoms. The Balaban J connectivity index is 1.72. The molecular formula is C20H20N4O3. The molecule has 4 rings (SSSR count). The highest BCUT2D eigenvalue weighted by molar-refractivity contribution is 5.97. The van der Waals surface area contributed by atoms with Gasteiger partial charge in [0.2, 0.25) is 0 Å². The van der Waals surface area contributed by atoms with Crippen molar-refractivity contribution in [1.82, 2.24) is 9.78 Å². The third kappa shape index (κ3) is 3.01. The van der Waals surface area contributed by atoms with Crippen molar-refractivity contribution >= 4 is 17.3 Å². The fourth-order valence-electron chi connectivity index (χ4n) is 3.43. The van der Waals surface area contributed by atoms with Crippen molar-refractivity contribution in [3.05, 3.63) is 64.6 Å². The van der Waals surface area contributed by atoms with E-state index in [9.17, 15) is 9.59 Å². The molecule has 0 saturated heterocycles. The predicted octanol–water partition coefficient (Wildman–Crippen LogP) is 2.63. The van der Waals surface area contributed by atoms with E-state index >= 15 is 0 Å². The molecule has 0 unspecified atom stereocenters. The Morgan fingerprint density at radius 1 is 1.26 bits per heavy atom. The summed E-state index contributed by atoms with van der Waals surface area (Å²) in [4.78, 5) is 27.5. The second kappa shape index (κ2) is 6.75. The van der Waals surface area contributed by atoms with Crippen molar-refractivity contribution in [2.75, 3.05) is 17.2 Å². The van der Waals surface area contributed by atoms with Crippen LogP contribution in [0.15, 0.2) is 57.9 Å². The van der Waals surface area contributed by atoms with Crippen LogP contribution in [0.25, 0.3) is 11.5 Å². The number of amides is 1. The maximum absolute atomic E-state index is 13.2. The number of nitrogens with two attached hydrogens (primary N) is 1. The summed E-state index contributed by atoms with van der Waals surface area (Å²) in [5.41, 5.74) is 7.85. The number of hydrogen-bond acceptors (Lipinski definition) is 5. The van der Waals surface area contributed by atoms with E-state index in [0.717, 1.165) is 28.8 Å². The van der Waals surface area contributed by atoms with Crippen LogP contribution in [0.4, 0.5) is 11.4 Å². The summed E-state index contributed by atoms with van der Waals surface area (Å²) < 4.78 is 6.49. The second-order valence-corrected chi connectivity index (χ2v) is 6.61. The maximum Gasteiger partial charge on any atom is 0.290 e. The Bertz CT molecular complexity index is 1040. The Morgan fingerprint density at radius 2 is 2.07 bits per heavy atom. The number of hydrogen-bond donors (Lipinski definition) is 1. The minimum atomic E-state index is -0.791. The number of nitrogens with zero attached hydrogens (tertiary/aromatic N) is 3. The first-order valence-corrected chi connectivity index (χ1v) is 8.89. The molecule has 1 aliphatic heterocycles. The number of aromatic nitrogens is 2. The first-order chi connectivity index (χ1) is 13.1. The number of furan rings is 1. The van der Waals surface area contributed by atoms with Gasteiger partial charge < -0.3 is 15.1 Å². The number of anilines is 2. The molecule has 0 radical (unpaired) electrons. The monoisotopic (exact) mass is 364 g/mol. The number of carbonyl (C=O) groups excluding carboxylic acids is 1. The van der Waals surface area contributed by atoms with Crippen LogP contribution < -0.4 is 16.2 Å². The zero-order valence-electron chi connectivity index (χ0n) is 15.0. The highest BCUT2D eigenvalue weighted by Gasteiger charge is 2.29. The number of rotatable bonds is 3. The lowest BCUT2D eigenvalue weighted by Gasteiger charge is -2.31. The van der Waals surface area contributed by atoms with E-state index in [-0.39, 0.29) is 11.6 Å². The van der Waals surface area contributed by atoms with Gasteiger partial charge in [-0.1, -0.05) is 18.2 Å². The van der Waals surface area contributed by atoms with Crippen LogP contribution in [-0.4, -0.2) is 22.2 Å². The summed E-state index contributed by atoms with van der Waals surface area (Å²) in [5, 5.41) is 4.33. The molecule has 2 N–H and O–H groups in total. The molecule has 1 aliphatic rings. The number of fused-ring (bicyclic) bond motifs is 1. The normalized spacial score (nSPS) is 14.6. The third-order valence-corrected chi connectivity index (χ3v) is 4.84. The van der Waals surface area contributed by atoms with Crippen LogP contribution in [0.5, 0.6) is 0 Å². The maximum atomic E-state index is 13.2. The van der Waals surface area contributed by atoms with Crippen LogP contribution in [0.1, 0.15) is 24.9 Å². The molecular weight excluding hydrogens is 344 g/mol. The molecule has 0 bridgehead atoms. The van der Waals surface area contributed by atoms with Gasteiger partial charge in [0.25, 0.3) is 11.5 Å². The Morgan fingerprint density at radius 3 is 2.85 bits per heavy atom. The first kappa shape index (κ1) is 17.1. The smallest absolute Gasteiger partial charge is 0.290 e. The number of para-hydroxylation sites is 1. The lowest BCUT2D eigenvalue weighted by molar-refractivity contribution is -0.121. The lowest BCUT2D eigenvalue weighted by Crippen LogP contribution is -2.43. The summed E-state index contributed by atoms with van der Waals surface area (Å²) >= 11 is 0. The van der Waals surface area contributed by atoms with Gasteiger partial charge >= 0.3 is 0 Å². The average Bonchev–Trinajstić information content (AvgIpc) is 3.23. The fourth-order valence-corrected chi connectivity index (χ4v) is 3.43. The highest BCUT2D eigenvalue weighted by atomic mass is 16.3. The Labute approximate surface area is 156 Å². The largest absolute Gasteiger partial charge is 0.463 e. The van der Waals surface area contributed by atoms with Crippen molar-refractivity contribution in [3.63, 3.8) is 0 Å². The van der Waals surface area contributed by atoms with E-state index in [2.05, 4.69) is 5.10 Å². The van der Waals surface area contributed by atoms with Gasteiger partial charge in [0.15, 0.2) is 5.76 Å². The van der Waals surface area contributed by atoms with Gasteiger partial charge in [-0.3, -0.25) is 9.59 Å².